The second-order valence-electron chi connectivity index (χ2n) is 9.92. The molecular formula is C31H33N5O3. The number of amides is 2. The van der Waals surface area contributed by atoms with Crippen molar-refractivity contribution in [1.82, 2.24) is 4.98 Å². The summed E-state index contributed by atoms with van der Waals surface area (Å²) in [6.07, 6.45) is 3.15. The molecule has 2 heterocycles. The third-order valence-corrected chi connectivity index (χ3v) is 7.03. The highest BCUT2D eigenvalue weighted by Crippen LogP contribution is 2.23. The number of hydrogen-bond acceptors (Lipinski definition) is 5. The van der Waals surface area contributed by atoms with E-state index in [1.165, 1.54) is 0 Å². The van der Waals surface area contributed by atoms with Crippen LogP contribution in [0, 0.1) is 13.8 Å². The second kappa shape index (κ2) is 11.4. The number of piperidine rings is 1. The van der Waals surface area contributed by atoms with Crippen LogP contribution >= 0.6 is 0 Å². The van der Waals surface area contributed by atoms with Gasteiger partial charge in [0.2, 0.25) is 0 Å². The molecule has 1 aliphatic rings. The summed E-state index contributed by atoms with van der Waals surface area (Å²) in [4.78, 5) is 30.6. The quantitative estimate of drug-likeness (QED) is 0.209. The number of rotatable bonds is 7. The van der Waals surface area contributed by atoms with Crippen molar-refractivity contribution in [2.75, 3.05) is 33.9 Å². The highest BCUT2D eigenvalue weighted by molar-refractivity contribution is 6.06. The Morgan fingerprint density at radius 1 is 0.769 bits per heavy atom. The zero-order valence-electron chi connectivity index (χ0n) is 22.1. The molecule has 0 atom stereocenters. The van der Waals surface area contributed by atoms with Gasteiger partial charge in [-0.2, -0.15) is 0 Å². The van der Waals surface area contributed by atoms with Gasteiger partial charge in [-0.25, -0.2) is 0 Å². The first kappa shape index (κ1) is 26.1. The number of benzene rings is 3. The molecule has 2 amide bonds. The van der Waals surface area contributed by atoms with Gasteiger partial charge >= 0.3 is 0 Å². The average Bonchev–Trinajstić information content (AvgIpc) is 3.29. The molecule has 3 aromatic carbocycles. The fourth-order valence-electron chi connectivity index (χ4n) is 4.79. The number of nitrogens with one attached hydrogen (secondary N) is 4. The molecule has 0 radical (unpaired) electrons. The molecule has 4 aromatic rings. The zero-order valence-corrected chi connectivity index (χ0v) is 22.1. The Labute approximate surface area is 228 Å². The van der Waals surface area contributed by atoms with Crippen molar-refractivity contribution in [2.45, 2.75) is 32.8 Å². The molecule has 1 aromatic heterocycles. The number of hydrogen-bond donors (Lipinski definition) is 5. The van der Waals surface area contributed by atoms with Crippen molar-refractivity contribution in [2.24, 2.45) is 0 Å². The van der Waals surface area contributed by atoms with E-state index in [2.05, 4.69) is 25.8 Å². The number of carbonyl (C=O) groups is 2. The lowest BCUT2D eigenvalue weighted by atomic mass is 10.1. The lowest BCUT2D eigenvalue weighted by Gasteiger charge is -2.31. The van der Waals surface area contributed by atoms with E-state index in [0.717, 1.165) is 54.3 Å². The molecule has 1 fully saturated rings. The van der Waals surface area contributed by atoms with Crippen LogP contribution in [0.2, 0.25) is 0 Å². The van der Waals surface area contributed by atoms with E-state index in [4.69, 9.17) is 0 Å². The van der Waals surface area contributed by atoms with Crippen LogP contribution in [0.25, 0.3) is 0 Å². The van der Waals surface area contributed by atoms with Gasteiger partial charge in [-0.15, -0.1) is 0 Å². The predicted octanol–water partition coefficient (Wildman–Crippen LogP) is 5.84. The van der Waals surface area contributed by atoms with Gasteiger partial charge in [0.1, 0.15) is 0 Å². The maximum absolute atomic E-state index is 12.7. The molecule has 8 heteroatoms. The van der Waals surface area contributed by atoms with Gasteiger partial charge in [-0.1, -0.05) is 0 Å². The minimum atomic E-state index is -0.211. The standard InChI is InChI=1S/C31H33N5O3/c1-20-19-32-21(2)29(20)31(39)35-26-11-7-24(8-12-26)33-23-5-9-25(10-6-23)34-30(38)22-3-13-27(14-4-22)36-17-15-28(37)16-18-36/h3-14,19,28,32-33,37H,15-18H2,1-2H3,(H,34,38)(H,35,39). The third-order valence-electron chi connectivity index (χ3n) is 7.03. The number of carbonyl (C=O) groups excluding carboxylic acids is 2. The SMILES string of the molecule is Cc1c[nH]c(C)c1C(=O)Nc1ccc(Nc2ccc(NC(=O)c3ccc(N4CCC(O)CC4)cc3)cc2)cc1. The summed E-state index contributed by atoms with van der Waals surface area (Å²) in [5.74, 6) is -0.303. The van der Waals surface area contributed by atoms with Crippen LogP contribution in [0.3, 0.4) is 0 Å². The number of anilines is 5. The molecule has 0 aliphatic carbocycles. The van der Waals surface area contributed by atoms with Gasteiger partial charge in [0.15, 0.2) is 0 Å². The summed E-state index contributed by atoms with van der Waals surface area (Å²) in [5.41, 5.74) is 7.25. The van der Waals surface area contributed by atoms with Gasteiger partial charge in [0, 0.05) is 59.0 Å². The molecule has 200 valence electrons. The molecule has 5 N–H and O–H groups in total. The first-order valence-electron chi connectivity index (χ1n) is 13.1. The van der Waals surface area contributed by atoms with Crippen molar-refractivity contribution in [1.29, 1.82) is 0 Å². The predicted molar refractivity (Wildman–Crippen MR) is 156 cm³/mol. The van der Waals surface area contributed by atoms with Gasteiger partial charge in [-0.05, 0) is 105 Å². The molecule has 8 nitrogen and oxygen atoms in total. The fourth-order valence-corrected chi connectivity index (χ4v) is 4.79. The first-order valence-corrected chi connectivity index (χ1v) is 13.1. The highest BCUT2D eigenvalue weighted by atomic mass is 16.3. The van der Waals surface area contributed by atoms with Crippen molar-refractivity contribution in [3.63, 3.8) is 0 Å². The van der Waals surface area contributed by atoms with Crippen molar-refractivity contribution >= 4 is 40.3 Å². The molecule has 39 heavy (non-hydrogen) atoms. The Kier molecular flexibility index (Phi) is 7.65. The maximum Gasteiger partial charge on any atom is 0.257 e. The van der Waals surface area contributed by atoms with Crippen LogP contribution in [0.5, 0.6) is 0 Å². The molecule has 0 bridgehead atoms. The van der Waals surface area contributed by atoms with Gasteiger partial charge in [0.05, 0.1) is 11.7 Å². The minimum Gasteiger partial charge on any atom is -0.393 e. The van der Waals surface area contributed by atoms with Crippen molar-refractivity contribution < 1.29 is 14.7 Å². The molecule has 0 spiro atoms. The fraction of sp³-hybridized carbons (Fsp3) is 0.226. The number of aliphatic hydroxyl groups excluding tert-OH is 1. The van der Waals surface area contributed by atoms with Crippen LogP contribution in [0.1, 0.15) is 44.8 Å². The number of aliphatic hydroxyl groups is 1. The lowest BCUT2D eigenvalue weighted by Crippen LogP contribution is -2.35. The van der Waals surface area contributed by atoms with Crippen LogP contribution in [0.15, 0.2) is 79.0 Å². The van der Waals surface area contributed by atoms with Crippen LogP contribution in [-0.2, 0) is 0 Å². The Balaban J connectivity index is 1.14. The molecule has 1 saturated heterocycles. The number of aromatic amines is 1. The van der Waals surface area contributed by atoms with Gasteiger partial charge < -0.3 is 30.9 Å². The van der Waals surface area contributed by atoms with Gasteiger partial charge in [0.25, 0.3) is 11.8 Å². The highest BCUT2D eigenvalue weighted by Gasteiger charge is 2.18. The number of H-pyrrole nitrogens is 1. The van der Waals surface area contributed by atoms with Crippen LogP contribution in [-0.4, -0.2) is 41.1 Å². The third kappa shape index (κ3) is 6.30. The topological polar surface area (TPSA) is 109 Å². The first-order chi connectivity index (χ1) is 18.9. The maximum atomic E-state index is 12.7. The van der Waals surface area contributed by atoms with Crippen LogP contribution in [0.4, 0.5) is 28.4 Å². The Morgan fingerprint density at radius 3 is 1.79 bits per heavy atom. The largest absolute Gasteiger partial charge is 0.393 e. The van der Waals surface area contributed by atoms with E-state index < -0.39 is 0 Å². The van der Waals surface area contributed by atoms with Crippen molar-refractivity contribution in [3.05, 3.63) is 101 Å². The summed E-state index contributed by atoms with van der Waals surface area (Å²) in [5, 5.41) is 18.9. The Bertz CT molecular complexity index is 1420. The van der Waals surface area contributed by atoms with Crippen LogP contribution < -0.4 is 20.9 Å². The van der Waals surface area contributed by atoms with Crippen molar-refractivity contribution in [3.8, 4) is 0 Å². The number of aryl methyl sites for hydroxylation is 2. The smallest absolute Gasteiger partial charge is 0.257 e. The monoisotopic (exact) mass is 523 g/mol. The molecule has 0 unspecified atom stereocenters. The zero-order chi connectivity index (χ0) is 27.4. The van der Waals surface area contributed by atoms with E-state index in [1.807, 2.05) is 92.8 Å². The summed E-state index contributed by atoms with van der Waals surface area (Å²) in [6, 6.07) is 22.6. The minimum absolute atomic E-state index is 0.136. The van der Waals surface area contributed by atoms with E-state index in [1.54, 1.807) is 0 Å². The van der Waals surface area contributed by atoms with E-state index in [9.17, 15) is 14.7 Å². The lowest BCUT2D eigenvalue weighted by molar-refractivity contribution is 0.101. The molecular weight excluding hydrogens is 490 g/mol. The van der Waals surface area contributed by atoms with E-state index in [-0.39, 0.29) is 17.9 Å². The molecule has 5 rings (SSSR count). The summed E-state index contributed by atoms with van der Waals surface area (Å²) >= 11 is 0. The summed E-state index contributed by atoms with van der Waals surface area (Å²) < 4.78 is 0. The van der Waals surface area contributed by atoms with Gasteiger partial charge in [-0.3, -0.25) is 9.59 Å². The normalized spacial score (nSPS) is 13.7. The summed E-state index contributed by atoms with van der Waals surface area (Å²) in [7, 11) is 0. The average molecular weight is 524 g/mol. The second-order valence-corrected chi connectivity index (χ2v) is 9.92. The number of aromatic nitrogens is 1. The van der Waals surface area contributed by atoms with E-state index >= 15 is 0 Å². The van der Waals surface area contributed by atoms with E-state index in [0.29, 0.717) is 22.5 Å². The number of nitrogens with zero attached hydrogens (tertiary/aromatic N) is 1. The Morgan fingerprint density at radius 2 is 1.28 bits per heavy atom. The Hall–Kier alpha value is -4.56. The summed E-state index contributed by atoms with van der Waals surface area (Å²) in [6.45, 7) is 5.43. The molecule has 0 saturated carbocycles. The molecule has 1 aliphatic heterocycles.